The molecule has 2 N–H and O–H groups in total. The van der Waals surface area contributed by atoms with Crippen LogP contribution in [0.1, 0.15) is 24.0 Å². The third kappa shape index (κ3) is 1.75. The van der Waals surface area contributed by atoms with Crippen LogP contribution in [-0.4, -0.2) is 13.1 Å². The van der Waals surface area contributed by atoms with Crippen molar-refractivity contribution >= 4 is 5.69 Å². The second-order valence-electron chi connectivity index (χ2n) is 4.02. The number of hydrogen-bond donors (Lipinski definition) is 1. The van der Waals surface area contributed by atoms with E-state index in [1.165, 1.54) is 42.7 Å². The van der Waals surface area contributed by atoms with Crippen LogP contribution in [0.25, 0.3) is 0 Å². The van der Waals surface area contributed by atoms with E-state index in [0.717, 1.165) is 0 Å². The van der Waals surface area contributed by atoms with Gasteiger partial charge in [-0.3, -0.25) is 0 Å². The van der Waals surface area contributed by atoms with E-state index in [1.54, 1.807) is 0 Å². The van der Waals surface area contributed by atoms with Gasteiger partial charge in [-0.25, -0.2) is 0 Å². The normalized spacial score (nSPS) is 16.3. The molecule has 0 atom stereocenters. The molecule has 1 aromatic carbocycles. The van der Waals surface area contributed by atoms with E-state index in [0.29, 0.717) is 6.54 Å². The van der Waals surface area contributed by atoms with Crippen LogP contribution in [0.3, 0.4) is 0 Å². The quantitative estimate of drug-likeness (QED) is 0.773. The van der Waals surface area contributed by atoms with Gasteiger partial charge in [0.25, 0.3) is 0 Å². The fraction of sp³-hybridized carbons (Fsp3) is 0.500. The molecule has 1 saturated heterocycles. The van der Waals surface area contributed by atoms with Crippen LogP contribution in [0.2, 0.25) is 0 Å². The minimum atomic E-state index is 0.640. The second kappa shape index (κ2) is 4.01. The zero-order valence-electron chi connectivity index (χ0n) is 8.79. The maximum atomic E-state index is 5.65. The van der Waals surface area contributed by atoms with Crippen molar-refractivity contribution in [3.05, 3.63) is 29.3 Å². The van der Waals surface area contributed by atoms with Crippen molar-refractivity contribution in [3.63, 3.8) is 0 Å². The van der Waals surface area contributed by atoms with E-state index >= 15 is 0 Å². The zero-order valence-corrected chi connectivity index (χ0v) is 8.79. The number of nitrogens with zero attached hydrogens (tertiary/aromatic N) is 1. The van der Waals surface area contributed by atoms with Gasteiger partial charge in [0.05, 0.1) is 0 Å². The zero-order chi connectivity index (χ0) is 9.97. The highest BCUT2D eigenvalue weighted by atomic mass is 15.1. The van der Waals surface area contributed by atoms with Gasteiger partial charge in [-0.05, 0) is 37.0 Å². The summed E-state index contributed by atoms with van der Waals surface area (Å²) in [5.41, 5.74) is 9.63. The van der Waals surface area contributed by atoms with Crippen LogP contribution < -0.4 is 10.6 Å². The van der Waals surface area contributed by atoms with E-state index in [4.69, 9.17) is 5.73 Å². The summed E-state index contributed by atoms with van der Waals surface area (Å²) in [7, 11) is 0. The first-order valence-corrected chi connectivity index (χ1v) is 5.36. The van der Waals surface area contributed by atoms with Gasteiger partial charge >= 0.3 is 0 Å². The Balaban J connectivity index is 2.29. The number of rotatable bonds is 2. The lowest BCUT2D eigenvalue weighted by molar-refractivity contribution is 0.949. The lowest BCUT2D eigenvalue weighted by Gasteiger charge is -2.20. The Kier molecular flexibility index (Phi) is 2.73. The molecule has 1 aliphatic heterocycles. The standard InChI is InChI=1S/C12H18N2/c1-10-4-5-11(9-13)8-12(10)14-6-2-3-7-14/h4-5,8H,2-3,6-7,9,13H2,1H3. The van der Waals surface area contributed by atoms with Crippen LogP contribution in [-0.2, 0) is 6.54 Å². The predicted octanol–water partition coefficient (Wildman–Crippen LogP) is 2.05. The number of anilines is 1. The maximum absolute atomic E-state index is 5.65. The first-order chi connectivity index (χ1) is 6.81. The van der Waals surface area contributed by atoms with Crippen molar-refractivity contribution in [2.24, 2.45) is 5.73 Å². The van der Waals surface area contributed by atoms with E-state index in [9.17, 15) is 0 Å². The van der Waals surface area contributed by atoms with Crippen molar-refractivity contribution in [3.8, 4) is 0 Å². The first-order valence-electron chi connectivity index (χ1n) is 5.36. The third-order valence-corrected chi connectivity index (χ3v) is 2.96. The lowest BCUT2D eigenvalue weighted by atomic mass is 10.1. The van der Waals surface area contributed by atoms with Crippen LogP contribution in [0.15, 0.2) is 18.2 Å². The minimum Gasteiger partial charge on any atom is -0.371 e. The largest absolute Gasteiger partial charge is 0.371 e. The molecule has 1 fully saturated rings. The maximum Gasteiger partial charge on any atom is 0.0399 e. The molecule has 0 unspecified atom stereocenters. The van der Waals surface area contributed by atoms with Crippen LogP contribution in [0.5, 0.6) is 0 Å². The van der Waals surface area contributed by atoms with Crippen LogP contribution in [0, 0.1) is 6.92 Å². The molecule has 0 aliphatic carbocycles. The lowest BCUT2D eigenvalue weighted by Crippen LogP contribution is -2.19. The minimum absolute atomic E-state index is 0.640. The Morgan fingerprint density at radius 1 is 1.29 bits per heavy atom. The number of nitrogens with two attached hydrogens (primary N) is 1. The molecular formula is C12H18N2. The van der Waals surface area contributed by atoms with Gasteiger partial charge in [0.2, 0.25) is 0 Å². The molecule has 2 heteroatoms. The number of hydrogen-bond acceptors (Lipinski definition) is 2. The highest BCUT2D eigenvalue weighted by molar-refractivity contribution is 5.55. The Morgan fingerprint density at radius 3 is 2.64 bits per heavy atom. The molecule has 1 heterocycles. The first kappa shape index (κ1) is 9.53. The van der Waals surface area contributed by atoms with Crippen molar-refractivity contribution in [1.82, 2.24) is 0 Å². The van der Waals surface area contributed by atoms with E-state index in [2.05, 4.69) is 30.0 Å². The fourth-order valence-electron chi connectivity index (χ4n) is 2.08. The van der Waals surface area contributed by atoms with Crippen molar-refractivity contribution in [2.45, 2.75) is 26.3 Å². The molecule has 14 heavy (non-hydrogen) atoms. The van der Waals surface area contributed by atoms with Gasteiger partial charge < -0.3 is 10.6 Å². The summed E-state index contributed by atoms with van der Waals surface area (Å²) in [6.07, 6.45) is 2.65. The summed E-state index contributed by atoms with van der Waals surface area (Å²) in [6.45, 7) is 5.22. The average molecular weight is 190 g/mol. The van der Waals surface area contributed by atoms with Crippen molar-refractivity contribution in [1.29, 1.82) is 0 Å². The van der Waals surface area contributed by atoms with Gasteiger partial charge in [-0.1, -0.05) is 12.1 Å². The van der Waals surface area contributed by atoms with Gasteiger partial charge in [0, 0.05) is 25.3 Å². The molecule has 0 bridgehead atoms. The molecule has 0 radical (unpaired) electrons. The molecule has 76 valence electrons. The average Bonchev–Trinajstić information content (AvgIpc) is 2.71. The smallest absolute Gasteiger partial charge is 0.0399 e. The summed E-state index contributed by atoms with van der Waals surface area (Å²) in [5, 5.41) is 0. The van der Waals surface area contributed by atoms with Gasteiger partial charge in [-0.2, -0.15) is 0 Å². The molecule has 0 aromatic heterocycles. The Bertz CT molecular complexity index is 314. The highest BCUT2D eigenvalue weighted by Gasteiger charge is 2.14. The third-order valence-electron chi connectivity index (χ3n) is 2.96. The topological polar surface area (TPSA) is 29.3 Å². The number of aryl methyl sites for hydroxylation is 1. The Morgan fingerprint density at radius 2 is 2.00 bits per heavy atom. The molecule has 0 spiro atoms. The van der Waals surface area contributed by atoms with Crippen LogP contribution in [0.4, 0.5) is 5.69 Å². The van der Waals surface area contributed by atoms with E-state index < -0.39 is 0 Å². The summed E-state index contributed by atoms with van der Waals surface area (Å²) < 4.78 is 0. The van der Waals surface area contributed by atoms with Gasteiger partial charge in [-0.15, -0.1) is 0 Å². The summed E-state index contributed by atoms with van der Waals surface area (Å²) in [5.74, 6) is 0. The Labute approximate surface area is 85.7 Å². The molecule has 1 aromatic rings. The second-order valence-corrected chi connectivity index (χ2v) is 4.02. The molecule has 0 saturated carbocycles. The molecular weight excluding hydrogens is 172 g/mol. The predicted molar refractivity (Wildman–Crippen MR) is 60.5 cm³/mol. The monoisotopic (exact) mass is 190 g/mol. The highest BCUT2D eigenvalue weighted by Crippen LogP contribution is 2.25. The summed E-state index contributed by atoms with van der Waals surface area (Å²) in [4.78, 5) is 2.47. The number of benzene rings is 1. The Hall–Kier alpha value is -1.02. The van der Waals surface area contributed by atoms with Crippen molar-refractivity contribution in [2.75, 3.05) is 18.0 Å². The van der Waals surface area contributed by atoms with E-state index in [1.807, 2.05) is 0 Å². The van der Waals surface area contributed by atoms with Crippen molar-refractivity contribution < 1.29 is 0 Å². The van der Waals surface area contributed by atoms with Crippen LogP contribution >= 0.6 is 0 Å². The molecule has 0 amide bonds. The van der Waals surface area contributed by atoms with Gasteiger partial charge in [0.1, 0.15) is 0 Å². The molecule has 1 aliphatic rings. The fourth-order valence-corrected chi connectivity index (χ4v) is 2.08. The summed E-state index contributed by atoms with van der Waals surface area (Å²) >= 11 is 0. The van der Waals surface area contributed by atoms with E-state index in [-0.39, 0.29) is 0 Å². The molecule has 2 rings (SSSR count). The SMILES string of the molecule is Cc1ccc(CN)cc1N1CCCC1. The summed E-state index contributed by atoms with van der Waals surface area (Å²) in [6, 6.07) is 6.53. The van der Waals surface area contributed by atoms with Gasteiger partial charge in [0.15, 0.2) is 0 Å². The molecule has 2 nitrogen and oxygen atoms in total.